The summed E-state index contributed by atoms with van der Waals surface area (Å²) in [6.07, 6.45) is 8.67. The summed E-state index contributed by atoms with van der Waals surface area (Å²) in [6, 6.07) is 3.41. The maximum Gasteiger partial charge on any atom is 0.276 e. The number of rotatable bonds is 3. The van der Waals surface area contributed by atoms with Crippen molar-refractivity contribution in [3.8, 4) is 11.6 Å². The first-order valence-corrected chi connectivity index (χ1v) is 8.90. The molecule has 2 atom stereocenters. The molecule has 0 spiro atoms. The monoisotopic (exact) mass is 313 g/mol. The third-order valence-corrected chi connectivity index (χ3v) is 5.92. The highest BCUT2D eigenvalue weighted by Gasteiger charge is 2.36. The van der Waals surface area contributed by atoms with Gasteiger partial charge in [0.2, 0.25) is 0 Å². The van der Waals surface area contributed by atoms with Gasteiger partial charge in [-0.25, -0.2) is 0 Å². The van der Waals surface area contributed by atoms with Gasteiger partial charge >= 0.3 is 0 Å². The molecule has 5 rings (SSSR count). The Bertz CT molecular complexity index is 704. The van der Waals surface area contributed by atoms with Crippen molar-refractivity contribution in [1.82, 2.24) is 25.2 Å². The number of piperidine rings is 1. The Morgan fingerprint density at radius 2 is 1.91 bits per heavy atom. The van der Waals surface area contributed by atoms with Crippen LogP contribution in [0, 0.1) is 0 Å². The predicted octanol–water partition coefficient (Wildman–Crippen LogP) is 2.74. The summed E-state index contributed by atoms with van der Waals surface area (Å²) >= 11 is 0. The lowest BCUT2D eigenvalue weighted by Crippen LogP contribution is -2.37. The lowest BCUT2D eigenvalue weighted by atomic mass is 9.83. The first-order valence-electron chi connectivity index (χ1n) is 8.90. The van der Waals surface area contributed by atoms with E-state index in [9.17, 15) is 0 Å². The van der Waals surface area contributed by atoms with Gasteiger partial charge in [-0.2, -0.15) is 10.1 Å². The molecule has 2 unspecified atom stereocenters. The molecule has 1 aliphatic carbocycles. The topological polar surface area (TPSA) is 68.8 Å². The number of fused-ring (bicyclic) bond motifs is 2. The fraction of sp³-hybridized carbons (Fsp3) is 0.706. The maximum atomic E-state index is 5.58. The zero-order valence-electron chi connectivity index (χ0n) is 13.5. The Morgan fingerprint density at radius 1 is 1.13 bits per heavy atom. The molecular formula is C17H23N5O. The molecule has 6 nitrogen and oxygen atoms in total. The molecule has 2 aromatic rings. The van der Waals surface area contributed by atoms with E-state index < -0.39 is 0 Å². The first kappa shape index (κ1) is 13.7. The van der Waals surface area contributed by atoms with E-state index in [0.717, 1.165) is 24.4 Å². The van der Waals surface area contributed by atoms with Gasteiger partial charge in [0.05, 0.1) is 5.69 Å². The number of aromatic nitrogens is 4. The highest BCUT2D eigenvalue weighted by Crippen LogP contribution is 2.38. The number of hydrogen-bond donors (Lipinski definition) is 1. The van der Waals surface area contributed by atoms with Crippen molar-refractivity contribution in [2.45, 2.75) is 68.9 Å². The minimum Gasteiger partial charge on any atom is -0.332 e. The van der Waals surface area contributed by atoms with Gasteiger partial charge < -0.3 is 9.84 Å². The molecule has 122 valence electrons. The van der Waals surface area contributed by atoms with Crippen LogP contribution in [0.3, 0.4) is 0 Å². The van der Waals surface area contributed by atoms with Crippen LogP contribution in [0.4, 0.5) is 0 Å². The van der Waals surface area contributed by atoms with Crippen LogP contribution in [-0.2, 0) is 7.05 Å². The Kier molecular flexibility index (Phi) is 3.08. The van der Waals surface area contributed by atoms with Crippen LogP contribution in [0.25, 0.3) is 11.6 Å². The van der Waals surface area contributed by atoms with Gasteiger partial charge in [-0.15, -0.1) is 0 Å². The van der Waals surface area contributed by atoms with Crippen LogP contribution in [0.1, 0.15) is 68.3 Å². The third-order valence-electron chi connectivity index (χ3n) is 5.92. The van der Waals surface area contributed by atoms with Crippen molar-refractivity contribution in [3.05, 3.63) is 17.6 Å². The Balaban J connectivity index is 1.40. The smallest absolute Gasteiger partial charge is 0.276 e. The van der Waals surface area contributed by atoms with E-state index in [-0.39, 0.29) is 0 Å². The van der Waals surface area contributed by atoms with Gasteiger partial charge in [0.15, 0.2) is 5.82 Å². The molecule has 0 amide bonds. The van der Waals surface area contributed by atoms with Gasteiger partial charge in [-0.1, -0.05) is 11.6 Å². The van der Waals surface area contributed by atoms with E-state index in [2.05, 4.69) is 21.6 Å². The summed E-state index contributed by atoms with van der Waals surface area (Å²) in [5.41, 5.74) is 2.12. The zero-order valence-corrected chi connectivity index (χ0v) is 13.5. The van der Waals surface area contributed by atoms with Crippen molar-refractivity contribution < 1.29 is 4.52 Å². The van der Waals surface area contributed by atoms with Crippen molar-refractivity contribution >= 4 is 0 Å². The standard InChI is InChI=1S/C17H23N5O/c1-22-15(9-14(20-22)10-3-2-4-10)17-19-16(21-23-17)11-7-12-5-6-13(8-11)18-12/h9-13,18H,2-8H2,1H3. The lowest BCUT2D eigenvalue weighted by Gasteiger charge is -2.26. The van der Waals surface area contributed by atoms with E-state index in [1.807, 2.05) is 11.7 Å². The van der Waals surface area contributed by atoms with Gasteiger partial charge in [-0.3, -0.25) is 4.68 Å². The predicted molar refractivity (Wildman–Crippen MR) is 85.0 cm³/mol. The summed E-state index contributed by atoms with van der Waals surface area (Å²) in [7, 11) is 1.96. The summed E-state index contributed by atoms with van der Waals surface area (Å²) in [5.74, 6) is 2.55. The molecule has 3 aliphatic rings. The van der Waals surface area contributed by atoms with E-state index >= 15 is 0 Å². The molecule has 0 radical (unpaired) electrons. The minimum absolute atomic E-state index is 0.436. The molecule has 1 N–H and O–H groups in total. The summed E-state index contributed by atoms with van der Waals surface area (Å²) in [4.78, 5) is 4.71. The summed E-state index contributed by atoms with van der Waals surface area (Å²) in [6.45, 7) is 0. The van der Waals surface area contributed by atoms with E-state index in [1.165, 1.54) is 37.8 Å². The number of hydrogen-bond acceptors (Lipinski definition) is 5. The van der Waals surface area contributed by atoms with Gasteiger partial charge in [0, 0.05) is 31.0 Å². The zero-order chi connectivity index (χ0) is 15.4. The van der Waals surface area contributed by atoms with Crippen LogP contribution < -0.4 is 5.32 Å². The lowest BCUT2D eigenvalue weighted by molar-refractivity contribution is 0.340. The molecule has 2 aromatic heterocycles. The van der Waals surface area contributed by atoms with Gasteiger partial charge in [0.25, 0.3) is 5.89 Å². The minimum atomic E-state index is 0.436. The molecule has 0 aromatic carbocycles. The molecule has 3 fully saturated rings. The van der Waals surface area contributed by atoms with Crippen molar-refractivity contribution in [1.29, 1.82) is 0 Å². The van der Waals surface area contributed by atoms with E-state index in [4.69, 9.17) is 9.51 Å². The highest BCUT2D eigenvalue weighted by atomic mass is 16.5. The maximum absolute atomic E-state index is 5.58. The van der Waals surface area contributed by atoms with Crippen molar-refractivity contribution in [3.63, 3.8) is 0 Å². The summed E-state index contributed by atoms with van der Waals surface area (Å²) < 4.78 is 7.46. The molecule has 2 aliphatic heterocycles. The quantitative estimate of drug-likeness (QED) is 0.943. The molecule has 2 bridgehead atoms. The Hall–Kier alpha value is -1.69. The SMILES string of the molecule is Cn1nc(C2CCC2)cc1-c1nc(C2CC3CCC(C2)N3)no1. The number of nitrogens with zero attached hydrogens (tertiary/aromatic N) is 4. The molecule has 23 heavy (non-hydrogen) atoms. The fourth-order valence-corrected chi connectivity index (χ4v) is 4.37. The van der Waals surface area contributed by atoms with Gasteiger partial charge in [-0.05, 0) is 44.6 Å². The van der Waals surface area contributed by atoms with E-state index in [0.29, 0.717) is 29.8 Å². The summed E-state index contributed by atoms with van der Waals surface area (Å²) in [5, 5.41) is 12.6. The van der Waals surface area contributed by atoms with Crippen LogP contribution in [0.15, 0.2) is 10.6 Å². The molecule has 2 saturated heterocycles. The van der Waals surface area contributed by atoms with Crippen molar-refractivity contribution in [2.75, 3.05) is 0 Å². The van der Waals surface area contributed by atoms with E-state index in [1.54, 1.807) is 0 Å². The highest BCUT2D eigenvalue weighted by molar-refractivity contribution is 5.48. The second-order valence-corrected chi connectivity index (χ2v) is 7.47. The average Bonchev–Trinajstić information content (AvgIpc) is 3.17. The largest absolute Gasteiger partial charge is 0.332 e. The van der Waals surface area contributed by atoms with Crippen molar-refractivity contribution in [2.24, 2.45) is 7.05 Å². The van der Waals surface area contributed by atoms with Crippen LogP contribution in [0.2, 0.25) is 0 Å². The normalized spacial score (nSPS) is 30.6. The fourth-order valence-electron chi connectivity index (χ4n) is 4.37. The van der Waals surface area contributed by atoms with Gasteiger partial charge in [0.1, 0.15) is 5.69 Å². The molecular weight excluding hydrogens is 290 g/mol. The third kappa shape index (κ3) is 2.31. The van der Waals surface area contributed by atoms with Crippen LogP contribution in [0.5, 0.6) is 0 Å². The van der Waals surface area contributed by atoms with Crippen LogP contribution in [-0.4, -0.2) is 32.0 Å². The number of nitrogens with one attached hydrogen (secondary N) is 1. The molecule has 1 saturated carbocycles. The second-order valence-electron chi connectivity index (χ2n) is 7.47. The van der Waals surface area contributed by atoms with Crippen LogP contribution >= 0.6 is 0 Å². The number of aryl methyl sites for hydroxylation is 1. The molecule has 4 heterocycles. The average molecular weight is 313 g/mol. The molecule has 6 heteroatoms. The first-order chi connectivity index (χ1) is 11.3. The Morgan fingerprint density at radius 3 is 2.61 bits per heavy atom. The Labute approximate surface area is 135 Å². The second kappa shape index (κ2) is 5.16.